The molecule has 4 fully saturated rings. The average Bonchev–Trinajstić information content (AvgIpc) is 1.68. The van der Waals surface area contributed by atoms with Gasteiger partial charge >= 0.3 is 0 Å². The Morgan fingerprint density at radius 2 is 0.905 bits per heavy atom. The lowest BCUT2D eigenvalue weighted by atomic mass is 9.97. The summed E-state index contributed by atoms with van der Waals surface area (Å²) in [6.07, 6.45) is 20.5. The Labute approximate surface area is 634 Å². The molecule has 13 N–H and O–H groups in total. The predicted molar refractivity (Wildman–Crippen MR) is 452 cm³/mol. The molecule has 18 nitrogen and oxygen atoms in total. The third-order valence-electron chi connectivity index (χ3n) is 19.5. The smallest absolute Gasteiger partial charge is 0.168 e. The molecule has 4 atom stereocenters. The molecule has 0 spiro atoms. The molecule has 4 saturated heterocycles. The average molecular weight is 1480 g/mol. The summed E-state index contributed by atoms with van der Waals surface area (Å²) in [5, 5.41) is 28.5. The lowest BCUT2D eigenvalue weighted by Gasteiger charge is -2.11. The van der Waals surface area contributed by atoms with Crippen LogP contribution in [0.4, 0.5) is 22.7 Å². The third kappa shape index (κ3) is 20.4. The molecule has 4 aliphatic rings. The maximum atomic E-state index is 7.37. The van der Waals surface area contributed by atoms with Crippen LogP contribution in [0.5, 0.6) is 0 Å². The van der Waals surface area contributed by atoms with Gasteiger partial charge in [-0.1, -0.05) is 57.3 Å². The molecule has 105 heavy (non-hydrogen) atoms. The second-order valence-electron chi connectivity index (χ2n) is 26.8. The number of aromatic nitrogens is 4. The summed E-state index contributed by atoms with van der Waals surface area (Å²) >= 11 is 6.07. The zero-order chi connectivity index (χ0) is 71.8. The Morgan fingerprint density at radius 1 is 0.486 bits per heavy atom. The number of anilines is 2. The van der Waals surface area contributed by atoms with Crippen molar-refractivity contribution in [1.82, 2.24) is 39.5 Å². The SMILES string of the molecule is C.C.CN1CCC(c2c[nH]c3ccc(N)cc23)C1.CN1CCC(c2c[nH]c3ccc(N=C(N)c4ccco4)cc23)C1.CN1CCC(c2c[nH]c3ccc(N=C(N)c4cccs4)cc23)C1.CN1CCC(c2c[nH]c3ccc(NCc4ccccc4)cc23)C1.CSC(=N)c1ccco1.CSC(=N)c1cccs1. The van der Waals surface area contributed by atoms with Gasteiger partial charge in [0.05, 0.1) is 33.7 Å². The van der Waals surface area contributed by atoms with Crippen LogP contribution in [0.3, 0.4) is 0 Å². The molecule has 0 saturated carbocycles. The fourth-order valence-corrected chi connectivity index (χ4v) is 16.1. The molecule has 22 heteroatoms. The van der Waals surface area contributed by atoms with Gasteiger partial charge in [-0.05, 0) is 264 Å². The number of likely N-dealkylation sites (N-methyl/N-ethyl adjacent to an activating group) is 4. The number of rotatable bonds is 13. The number of hydrogen-bond acceptors (Lipinski definition) is 16. The molecule has 4 unspecified atom stereocenters. The van der Waals surface area contributed by atoms with Crippen LogP contribution in [0.25, 0.3) is 43.6 Å². The fourth-order valence-electron chi connectivity index (χ4n) is 14.0. The number of fused-ring (bicyclic) bond motifs is 4. The number of nitrogens with two attached hydrogens (primary N) is 3. The Bertz CT molecular complexity index is 4710. The van der Waals surface area contributed by atoms with Crippen molar-refractivity contribution in [3.05, 3.63) is 249 Å². The summed E-state index contributed by atoms with van der Waals surface area (Å²) in [6, 6.07) is 50.8. The Morgan fingerprint density at radius 3 is 1.32 bits per heavy atom. The van der Waals surface area contributed by atoms with Crippen molar-refractivity contribution in [1.29, 1.82) is 10.8 Å². The number of aliphatic imine (C=N–C) groups is 2. The molecular weight excluding hydrogens is 1380 g/mol. The summed E-state index contributed by atoms with van der Waals surface area (Å²) in [7, 11) is 8.76. The summed E-state index contributed by atoms with van der Waals surface area (Å²) in [5.74, 6) is 4.69. The van der Waals surface area contributed by atoms with E-state index in [1.165, 1.54) is 140 Å². The standard InChI is InChI=1S/C20H23N3.C18H20N4O.C18H20N4S.C13H17N3.C6H7NOS.C6H7NS2.2CH4/c1-23-10-9-16(14-23)19-13-22-20-8-7-17(11-18(19)20)21-12-15-5-3-2-4-6-15;2*1-22-7-6-12(11-22)15-10-20-16-5-4-13(9-14(15)16)21-18(19)17-3-2-8-23-17;1-16-5-4-9(8-16)12-7-15-13-3-2-10(14)6-11(12)13;1-9-6(7)5-3-2-4-8-5;1-8-6(7)5-3-2-4-9-5;;/h2-8,11,13,16,21-22H,9-10,12,14H2,1H3;2*2-5,8-10,12,20H,6-7,11H2,1H3,(H2,19,21);2-3,6-7,9,15H,4-5,8,14H2,1H3;2*2-4,7H,1H3;2*1H4. The van der Waals surface area contributed by atoms with Crippen molar-refractivity contribution >= 4 is 134 Å². The van der Waals surface area contributed by atoms with Crippen LogP contribution < -0.4 is 22.5 Å². The number of H-pyrrole nitrogens is 4. The molecular formula is C83H102N16O2S4. The molecule has 0 aliphatic carbocycles. The quantitative estimate of drug-likeness (QED) is 0.0294. The van der Waals surface area contributed by atoms with Gasteiger partial charge in [-0.15, -0.1) is 46.2 Å². The Kier molecular flexibility index (Phi) is 28.0. The van der Waals surface area contributed by atoms with E-state index in [2.05, 4.69) is 193 Å². The molecule has 5 aromatic carbocycles. The molecule has 17 rings (SSSR count). The van der Waals surface area contributed by atoms with Crippen LogP contribution in [0.15, 0.2) is 219 Å². The first kappa shape index (κ1) is 78.2. The summed E-state index contributed by atoms with van der Waals surface area (Å²) in [6.45, 7) is 10.1. The largest absolute Gasteiger partial charge is 0.462 e. The Hall–Kier alpha value is -9.36. The first-order chi connectivity index (χ1) is 50.1. The normalized spacial score (nSPS) is 17.7. The van der Waals surface area contributed by atoms with Crippen LogP contribution in [0.1, 0.15) is 113 Å². The van der Waals surface area contributed by atoms with Crippen molar-refractivity contribution in [3.8, 4) is 0 Å². The highest BCUT2D eigenvalue weighted by atomic mass is 32.2. The van der Waals surface area contributed by atoms with Crippen LogP contribution in [-0.2, 0) is 6.54 Å². The molecule has 13 aromatic rings. The van der Waals surface area contributed by atoms with Crippen LogP contribution in [0, 0.1) is 10.8 Å². The highest BCUT2D eigenvalue weighted by Crippen LogP contribution is 2.38. The second kappa shape index (κ2) is 37.6. The van der Waals surface area contributed by atoms with Gasteiger partial charge in [-0.3, -0.25) is 10.8 Å². The van der Waals surface area contributed by atoms with E-state index in [1.807, 2.05) is 77.9 Å². The number of nitrogens with zero attached hydrogens (tertiary/aromatic N) is 6. The van der Waals surface area contributed by atoms with Crippen molar-refractivity contribution < 1.29 is 8.83 Å². The fraction of sp³-hybridized carbons (Fsp3) is 0.301. The van der Waals surface area contributed by atoms with Crippen LogP contribution >= 0.6 is 46.2 Å². The van der Waals surface area contributed by atoms with Gasteiger partial charge in [-0.25, -0.2) is 9.98 Å². The molecule has 0 bridgehead atoms. The van der Waals surface area contributed by atoms with E-state index >= 15 is 0 Å². The maximum Gasteiger partial charge on any atom is 0.168 e. The maximum absolute atomic E-state index is 7.37. The molecule has 8 aromatic heterocycles. The number of thiophene rings is 2. The zero-order valence-electron chi connectivity index (χ0n) is 59.4. The van der Waals surface area contributed by atoms with Crippen LogP contribution in [0.2, 0.25) is 0 Å². The van der Waals surface area contributed by atoms with Gasteiger partial charge in [0.15, 0.2) is 17.4 Å². The molecule has 4 aliphatic heterocycles. The zero-order valence-corrected chi connectivity index (χ0v) is 62.7. The number of thioether (sulfide) groups is 2. The summed E-state index contributed by atoms with van der Waals surface area (Å²) in [4.78, 5) is 34.3. The number of aromatic amines is 4. The van der Waals surface area contributed by atoms with E-state index in [0.717, 1.165) is 71.6 Å². The number of amidine groups is 2. The molecule has 12 heterocycles. The van der Waals surface area contributed by atoms with E-state index < -0.39 is 0 Å². The van der Waals surface area contributed by atoms with E-state index in [0.29, 0.717) is 57.0 Å². The monoisotopic (exact) mass is 1480 g/mol. The predicted octanol–water partition coefficient (Wildman–Crippen LogP) is 18.9. The van der Waals surface area contributed by atoms with Gasteiger partial charge < -0.3 is 70.9 Å². The van der Waals surface area contributed by atoms with Gasteiger partial charge in [0.25, 0.3) is 0 Å². The molecule has 550 valence electrons. The van der Waals surface area contributed by atoms with Gasteiger partial charge in [0, 0.05) is 112 Å². The minimum Gasteiger partial charge on any atom is -0.462 e. The lowest BCUT2D eigenvalue weighted by molar-refractivity contribution is 0.412. The number of likely N-dealkylation sites (tertiary alicyclic amines) is 4. The number of nitrogen functional groups attached to an aromatic ring is 1. The second-order valence-corrected chi connectivity index (χ2v) is 30.3. The van der Waals surface area contributed by atoms with E-state index in [4.69, 9.17) is 36.9 Å². The highest BCUT2D eigenvalue weighted by molar-refractivity contribution is 8.14. The molecule has 0 amide bonds. The van der Waals surface area contributed by atoms with Crippen molar-refractivity contribution in [2.45, 2.75) is 70.8 Å². The Balaban J connectivity index is 0.000000139. The third-order valence-corrected chi connectivity index (χ3v) is 22.6. The van der Waals surface area contributed by atoms with Gasteiger partial charge in [-0.2, -0.15) is 0 Å². The first-order valence-corrected chi connectivity index (χ1v) is 39.1. The van der Waals surface area contributed by atoms with Crippen molar-refractivity contribution in [2.75, 3.05) is 104 Å². The summed E-state index contributed by atoms with van der Waals surface area (Å²) < 4.78 is 10.2. The van der Waals surface area contributed by atoms with Gasteiger partial charge in [0.1, 0.15) is 15.9 Å². The molecule has 0 radical (unpaired) electrons. The number of furan rings is 2. The number of benzene rings is 5. The lowest BCUT2D eigenvalue weighted by Crippen LogP contribution is -2.13. The minimum absolute atomic E-state index is 0. The topological polar surface area (TPSA) is 265 Å². The van der Waals surface area contributed by atoms with E-state index in [9.17, 15) is 0 Å². The highest BCUT2D eigenvalue weighted by Gasteiger charge is 2.27. The van der Waals surface area contributed by atoms with E-state index in [-0.39, 0.29) is 14.9 Å². The minimum atomic E-state index is 0. The van der Waals surface area contributed by atoms with Crippen molar-refractivity contribution in [2.24, 2.45) is 21.5 Å². The number of hydrogen-bond donors (Lipinski definition) is 10. The van der Waals surface area contributed by atoms with E-state index in [1.54, 1.807) is 47.3 Å². The van der Waals surface area contributed by atoms with Gasteiger partial charge in [0.2, 0.25) is 0 Å². The van der Waals surface area contributed by atoms with Crippen LogP contribution in [-0.4, -0.2) is 154 Å². The summed E-state index contributed by atoms with van der Waals surface area (Å²) in [5.41, 5.74) is 33.5. The number of nitrogens with one attached hydrogen (secondary N) is 7. The van der Waals surface area contributed by atoms with Crippen molar-refractivity contribution in [3.63, 3.8) is 0 Å². The first-order valence-electron chi connectivity index (χ1n) is 34.9.